The minimum absolute atomic E-state index is 0.0463. The third-order valence-corrected chi connectivity index (χ3v) is 4.19. The molecule has 1 aliphatic rings. The van der Waals surface area contributed by atoms with Crippen LogP contribution >= 0.6 is 0 Å². The average molecular weight is 265 g/mol. The molecule has 0 bridgehead atoms. The lowest BCUT2D eigenvalue weighted by atomic mass is 9.82. The highest BCUT2D eigenvalue weighted by molar-refractivity contribution is 5.37. The van der Waals surface area contributed by atoms with E-state index in [4.69, 9.17) is 10.5 Å². The number of halogens is 1. The molecule has 0 saturated carbocycles. The van der Waals surface area contributed by atoms with E-state index in [1.165, 1.54) is 0 Å². The van der Waals surface area contributed by atoms with Gasteiger partial charge in [-0.2, -0.15) is 0 Å². The van der Waals surface area contributed by atoms with Crippen LogP contribution in [0.1, 0.15) is 38.2 Å². The molecule has 1 aromatic carbocycles. The van der Waals surface area contributed by atoms with Crippen LogP contribution in [0.15, 0.2) is 24.3 Å². The largest absolute Gasteiger partial charge is 0.493 e. The Morgan fingerprint density at radius 3 is 2.79 bits per heavy atom. The molecule has 0 aliphatic carbocycles. The van der Waals surface area contributed by atoms with Crippen molar-refractivity contribution in [1.82, 2.24) is 0 Å². The maximum atomic E-state index is 14.5. The molecule has 1 aliphatic heterocycles. The van der Waals surface area contributed by atoms with E-state index in [2.05, 4.69) is 6.07 Å². The van der Waals surface area contributed by atoms with Gasteiger partial charge < -0.3 is 10.5 Å². The summed E-state index contributed by atoms with van der Waals surface area (Å²) in [5.74, 6) is 1.41. The molecule has 0 amide bonds. The Morgan fingerprint density at radius 1 is 1.37 bits per heavy atom. The SMILES string of the molecule is CC(C)C(CN)C(F)CC1CCOc2ccccc21. The van der Waals surface area contributed by atoms with Crippen LogP contribution in [-0.2, 0) is 0 Å². The van der Waals surface area contributed by atoms with Crippen molar-refractivity contribution in [1.29, 1.82) is 0 Å². The zero-order valence-corrected chi connectivity index (χ0v) is 11.8. The molecule has 0 saturated heterocycles. The van der Waals surface area contributed by atoms with Crippen molar-refractivity contribution in [2.24, 2.45) is 17.6 Å². The molecular formula is C16H24FNO. The van der Waals surface area contributed by atoms with Crippen molar-refractivity contribution in [3.63, 3.8) is 0 Å². The molecule has 3 unspecified atom stereocenters. The van der Waals surface area contributed by atoms with E-state index >= 15 is 0 Å². The lowest BCUT2D eigenvalue weighted by molar-refractivity contribution is 0.153. The fraction of sp³-hybridized carbons (Fsp3) is 0.625. The van der Waals surface area contributed by atoms with E-state index in [0.29, 0.717) is 19.6 Å². The molecule has 0 aromatic heterocycles. The van der Waals surface area contributed by atoms with Crippen LogP contribution in [0.4, 0.5) is 4.39 Å². The average Bonchev–Trinajstić information content (AvgIpc) is 2.39. The predicted octanol–water partition coefficient (Wildman–Crippen LogP) is 3.51. The molecule has 2 nitrogen and oxygen atoms in total. The van der Waals surface area contributed by atoms with Gasteiger partial charge in [0.05, 0.1) is 6.61 Å². The van der Waals surface area contributed by atoms with Gasteiger partial charge in [-0.3, -0.25) is 0 Å². The van der Waals surface area contributed by atoms with Crippen LogP contribution in [0.2, 0.25) is 0 Å². The van der Waals surface area contributed by atoms with Crippen molar-refractivity contribution >= 4 is 0 Å². The summed E-state index contributed by atoms with van der Waals surface area (Å²) in [7, 11) is 0. The molecule has 0 radical (unpaired) electrons. The second-order valence-electron chi connectivity index (χ2n) is 5.77. The van der Waals surface area contributed by atoms with Gasteiger partial charge in [-0.25, -0.2) is 4.39 Å². The minimum Gasteiger partial charge on any atom is -0.493 e. The number of hydrogen-bond acceptors (Lipinski definition) is 2. The molecule has 1 heterocycles. The van der Waals surface area contributed by atoms with E-state index in [0.717, 1.165) is 17.7 Å². The van der Waals surface area contributed by atoms with E-state index in [1.807, 2.05) is 32.0 Å². The van der Waals surface area contributed by atoms with Crippen LogP contribution in [0, 0.1) is 11.8 Å². The Bertz CT molecular complexity index is 407. The maximum absolute atomic E-state index is 14.5. The highest BCUT2D eigenvalue weighted by Gasteiger charge is 2.29. The van der Waals surface area contributed by atoms with Crippen molar-refractivity contribution in [3.05, 3.63) is 29.8 Å². The first-order valence-corrected chi connectivity index (χ1v) is 7.19. The Hall–Kier alpha value is -1.09. The second kappa shape index (κ2) is 6.38. The summed E-state index contributed by atoms with van der Waals surface area (Å²) in [5.41, 5.74) is 6.86. The second-order valence-corrected chi connectivity index (χ2v) is 5.77. The molecule has 0 fully saturated rings. The predicted molar refractivity (Wildman–Crippen MR) is 76.2 cm³/mol. The van der Waals surface area contributed by atoms with E-state index in [1.54, 1.807) is 0 Å². The van der Waals surface area contributed by atoms with E-state index < -0.39 is 6.17 Å². The van der Waals surface area contributed by atoms with Gasteiger partial charge in [-0.05, 0) is 42.9 Å². The molecule has 2 N–H and O–H groups in total. The molecule has 106 valence electrons. The molecule has 0 spiro atoms. The van der Waals surface area contributed by atoms with Crippen LogP contribution in [0.5, 0.6) is 5.75 Å². The minimum atomic E-state index is -0.832. The Morgan fingerprint density at radius 2 is 2.11 bits per heavy atom. The fourth-order valence-corrected chi connectivity index (χ4v) is 2.94. The summed E-state index contributed by atoms with van der Waals surface area (Å²) >= 11 is 0. The Balaban J connectivity index is 2.08. The first kappa shape index (κ1) is 14.3. The quantitative estimate of drug-likeness (QED) is 0.884. The van der Waals surface area contributed by atoms with Crippen molar-refractivity contribution < 1.29 is 9.13 Å². The number of nitrogens with two attached hydrogens (primary N) is 1. The number of fused-ring (bicyclic) bond motifs is 1. The highest BCUT2D eigenvalue weighted by atomic mass is 19.1. The molecule has 2 rings (SSSR count). The summed E-state index contributed by atoms with van der Waals surface area (Å²) in [4.78, 5) is 0. The molecule has 1 aromatic rings. The van der Waals surface area contributed by atoms with E-state index in [-0.39, 0.29) is 17.8 Å². The Labute approximate surface area is 115 Å². The van der Waals surface area contributed by atoms with Crippen LogP contribution < -0.4 is 10.5 Å². The number of rotatable bonds is 5. The topological polar surface area (TPSA) is 35.2 Å². The van der Waals surface area contributed by atoms with Gasteiger partial charge in [0.15, 0.2) is 0 Å². The number of alkyl halides is 1. The molecule has 19 heavy (non-hydrogen) atoms. The summed E-state index contributed by atoms with van der Waals surface area (Å²) in [5, 5.41) is 0. The standard InChI is InChI=1S/C16H24FNO/c1-11(2)14(10-18)15(17)9-12-7-8-19-16-6-4-3-5-13(12)16/h3-6,11-12,14-15H,7-10,18H2,1-2H3. The zero-order chi connectivity index (χ0) is 13.8. The van der Waals surface area contributed by atoms with Crippen LogP contribution in [0.3, 0.4) is 0 Å². The Kier molecular flexibility index (Phi) is 4.81. The van der Waals surface area contributed by atoms with Crippen molar-refractivity contribution in [2.75, 3.05) is 13.2 Å². The molecule has 3 atom stereocenters. The van der Waals surface area contributed by atoms with Gasteiger partial charge in [0.25, 0.3) is 0 Å². The van der Waals surface area contributed by atoms with Crippen molar-refractivity contribution in [2.45, 2.75) is 38.8 Å². The zero-order valence-electron chi connectivity index (χ0n) is 11.8. The third kappa shape index (κ3) is 3.27. The number of hydrogen-bond donors (Lipinski definition) is 1. The third-order valence-electron chi connectivity index (χ3n) is 4.19. The molecule has 3 heteroatoms. The summed E-state index contributed by atoms with van der Waals surface area (Å²) in [6.07, 6.45) is 0.619. The number of ether oxygens (including phenoxy) is 1. The fourth-order valence-electron chi connectivity index (χ4n) is 2.94. The first-order chi connectivity index (χ1) is 9.13. The smallest absolute Gasteiger partial charge is 0.122 e. The summed E-state index contributed by atoms with van der Waals surface area (Å²) < 4.78 is 20.1. The monoisotopic (exact) mass is 265 g/mol. The van der Waals surface area contributed by atoms with Gasteiger partial charge in [0.2, 0.25) is 0 Å². The first-order valence-electron chi connectivity index (χ1n) is 7.19. The van der Waals surface area contributed by atoms with Gasteiger partial charge in [0.1, 0.15) is 11.9 Å². The highest BCUT2D eigenvalue weighted by Crippen LogP contribution is 2.38. The number of benzene rings is 1. The summed E-state index contributed by atoms with van der Waals surface area (Å²) in [6, 6.07) is 7.98. The lowest BCUT2D eigenvalue weighted by Gasteiger charge is -2.30. The van der Waals surface area contributed by atoms with Gasteiger partial charge in [-0.1, -0.05) is 32.0 Å². The van der Waals surface area contributed by atoms with Gasteiger partial charge in [0, 0.05) is 5.92 Å². The maximum Gasteiger partial charge on any atom is 0.122 e. The van der Waals surface area contributed by atoms with Gasteiger partial charge in [-0.15, -0.1) is 0 Å². The van der Waals surface area contributed by atoms with Gasteiger partial charge >= 0.3 is 0 Å². The summed E-state index contributed by atoms with van der Waals surface area (Å²) in [6.45, 7) is 5.19. The van der Waals surface area contributed by atoms with Crippen LogP contribution in [-0.4, -0.2) is 19.3 Å². The molecular weight excluding hydrogens is 241 g/mol. The normalized spacial score (nSPS) is 21.6. The van der Waals surface area contributed by atoms with Crippen LogP contribution in [0.25, 0.3) is 0 Å². The van der Waals surface area contributed by atoms with Crippen molar-refractivity contribution in [3.8, 4) is 5.75 Å². The van der Waals surface area contributed by atoms with E-state index in [9.17, 15) is 4.39 Å². The number of para-hydroxylation sites is 1. The lowest BCUT2D eigenvalue weighted by Crippen LogP contribution is -2.31.